The average molecular weight is 287 g/mol. The summed E-state index contributed by atoms with van der Waals surface area (Å²) < 4.78 is 13.7. The molecule has 0 saturated carbocycles. The first-order valence-electron chi connectivity index (χ1n) is 4.82. The maximum absolute atomic E-state index is 13.7. The lowest BCUT2D eigenvalue weighted by molar-refractivity contribution is 0.489. The topological polar surface area (TPSA) is 26.0 Å². The summed E-state index contributed by atoms with van der Waals surface area (Å²) in [6.45, 7) is 4.05. The van der Waals surface area contributed by atoms with Gasteiger partial charge in [-0.1, -0.05) is 37.0 Å². The van der Waals surface area contributed by atoms with Crippen LogP contribution in [0.2, 0.25) is 10.0 Å². The van der Waals surface area contributed by atoms with Gasteiger partial charge >= 0.3 is 0 Å². The van der Waals surface area contributed by atoms with E-state index in [-0.39, 0.29) is 17.4 Å². The van der Waals surface area contributed by atoms with Crippen LogP contribution in [-0.4, -0.2) is 0 Å². The van der Waals surface area contributed by atoms with Crippen molar-refractivity contribution >= 4 is 35.6 Å². The third kappa shape index (κ3) is 3.77. The molecule has 0 aliphatic rings. The van der Waals surface area contributed by atoms with E-state index < -0.39 is 11.9 Å². The van der Waals surface area contributed by atoms with Crippen molar-refractivity contribution in [2.45, 2.75) is 26.3 Å². The quantitative estimate of drug-likeness (QED) is 0.807. The van der Waals surface area contributed by atoms with Crippen molar-refractivity contribution < 1.29 is 4.39 Å². The zero-order chi connectivity index (χ0) is 11.6. The Morgan fingerprint density at radius 1 is 1.25 bits per heavy atom. The average Bonchev–Trinajstić information content (AvgIpc) is 2.11. The summed E-state index contributed by atoms with van der Waals surface area (Å²) in [5.41, 5.74) is 6.20. The summed E-state index contributed by atoms with van der Waals surface area (Å²) in [5, 5.41) is 0.402. The minimum atomic E-state index is -0.502. The van der Waals surface area contributed by atoms with Crippen molar-refractivity contribution in [3.05, 3.63) is 33.6 Å². The van der Waals surface area contributed by atoms with Crippen molar-refractivity contribution in [2.75, 3.05) is 0 Å². The van der Waals surface area contributed by atoms with Crippen LogP contribution in [0.25, 0.3) is 0 Å². The number of benzene rings is 1. The van der Waals surface area contributed by atoms with Crippen LogP contribution in [-0.2, 0) is 0 Å². The zero-order valence-corrected chi connectivity index (χ0v) is 11.5. The Morgan fingerprint density at radius 3 is 2.25 bits per heavy atom. The van der Waals surface area contributed by atoms with E-state index in [0.717, 1.165) is 0 Å². The standard InChI is InChI=1S/C11H14Cl2FN.ClH/c1-6(2)5-9(15)10-7(12)3-4-8(13)11(10)14;/h3-4,6,9H,5,15H2,1-2H3;1H/t9-;/m1./s1. The van der Waals surface area contributed by atoms with E-state index in [1.807, 2.05) is 13.8 Å². The van der Waals surface area contributed by atoms with Crippen molar-refractivity contribution in [1.29, 1.82) is 0 Å². The summed E-state index contributed by atoms with van der Waals surface area (Å²) in [4.78, 5) is 0. The van der Waals surface area contributed by atoms with Gasteiger partial charge in [0.05, 0.1) is 5.02 Å². The molecule has 0 fully saturated rings. The highest BCUT2D eigenvalue weighted by molar-refractivity contribution is 6.33. The summed E-state index contributed by atoms with van der Waals surface area (Å²) in [6.07, 6.45) is 0.678. The lowest BCUT2D eigenvalue weighted by atomic mass is 9.97. The van der Waals surface area contributed by atoms with E-state index in [4.69, 9.17) is 28.9 Å². The molecule has 0 radical (unpaired) electrons. The van der Waals surface area contributed by atoms with E-state index in [9.17, 15) is 4.39 Å². The van der Waals surface area contributed by atoms with Gasteiger partial charge in [0.1, 0.15) is 5.82 Å². The highest BCUT2D eigenvalue weighted by Crippen LogP contribution is 2.31. The van der Waals surface area contributed by atoms with Gasteiger partial charge in [0.25, 0.3) is 0 Å². The molecule has 1 rings (SSSR count). The molecule has 0 aliphatic heterocycles. The lowest BCUT2D eigenvalue weighted by Gasteiger charge is -2.17. The molecule has 0 heterocycles. The van der Waals surface area contributed by atoms with Gasteiger partial charge in [0.15, 0.2) is 0 Å². The van der Waals surface area contributed by atoms with Gasteiger partial charge in [0.2, 0.25) is 0 Å². The Labute approximate surface area is 112 Å². The summed E-state index contributed by atoms with van der Waals surface area (Å²) in [7, 11) is 0. The van der Waals surface area contributed by atoms with E-state index in [0.29, 0.717) is 22.9 Å². The predicted octanol–water partition coefficient (Wildman–Crippen LogP) is 4.60. The van der Waals surface area contributed by atoms with E-state index in [1.54, 1.807) is 6.07 Å². The van der Waals surface area contributed by atoms with Crippen LogP contribution in [0, 0.1) is 11.7 Å². The molecule has 1 aromatic carbocycles. The maximum Gasteiger partial charge on any atom is 0.148 e. The molecule has 92 valence electrons. The largest absolute Gasteiger partial charge is 0.324 e. The maximum atomic E-state index is 13.7. The van der Waals surface area contributed by atoms with Crippen LogP contribution >= 0.6 is 35.6 Å². The first kappa shape index (κ1) is 16.0. The first-order valence-corrected chi connectivity index (χ1v) is 5.58. The van der Waals surface area contributed by atoms with Gasteiger partial charge in [-0.3, -0.25) is 0 Å². The minimum Gasteiger partial charge on any atom is -0.324 e. The highest BCUT2D eigenvalue weighted by atomic mass is 35.5. The number of nitrogens with two attached hydrogens (primary N) is 1. The van der Waals surface area contributed by atoms with Gasteiger partial charge in [-0.2, -0.15) is 0 Å². The van der Waals surface area contributed by atoms with Gasteiger partial charge in [-0.25, -0.2) is 4.39 Å². The molecule has 1 nitrogen and oxygen atoms in total. The Balaban J connectivity index is 0.00000225. The smallest absolute Gasteiger partial charge is 0.148 e. The second kappa shape index (κ2) is 6.65. The third-order valence-corrected chi connectivity index (χ3v) is 2.80. The van der Waals surface area contributed by atoms with Crippen LogP contribution in [0.1, 0.15) is 31.9 Å². The fraction of sp³-hybridized carbons (Fsp3) is 0.455. The molecule has 0 aromatic heterocycles. The number of halogens is 4. The third-order valence-electron chi connectivity index (χ3n) is 2.18. The molecule has 16 heavy (non-hydrogen) atoms. The van der Waals surface area contributed by atoms with E-state index >= 15 is 0 Å². The molecule has 1 aromatic rings. The van der Waals surface area contributed by atoms with Gasteiger partial charge in [-0.15, -0.1) is 12.4 Å². The lowest BCUT2D eigenvalue weighted by Crippen LogP contribution is -2.15. The summed E-state index contributed by atoms with van der Waals surface area (Å²) in [5.74, 6) is -0.119. The molecule has 0 saturated heterocycles. The molecule has 0 unspecified atom stereocenters. The van der Waals surface area contributed by atoms with Crippen LogP contribution in [0.15, 0.2) is 12.1 Å². The molecule has 0 amide bonds. The van der Waals surface area contributed by atoms with Crippen LogP contribution in [0.4, 0.5) is 4.39 Å². The molecule has 2 N–H and O–H groups in total. The van der Waals surface area contributed by atoms with Crippen LogP contribution in [0.5, 0.6) is 0 Å². The van der Waals surface area contributed by atoms with E-state index in [2.05, 4.69) is 0 Å². The molecular formula is C11H15Cl3FN. The Morgan fingerprint density at radius 2 is 1.75 bits per heavy atom. The second-order valence-corrected chi connectivity index (χ2v) is 4.81. The number of rotatable bonds is 3. The fourth-order valence-electron chi connectivity index (χ4n) is 1.51. The van der Waals surface area contributed by atoms with Crippen molar-refractivity contribution in [1.82, 2.24) is 0 Å². The van der Waals surface area contributed by atoms with Crippen LogP contribution in [0.3, 0.4) is 0 Å². The van der Waals surface area contributed by atoms with Crippen molar-refractivity contribution in [3.63, 3.8) is 0 Å². The molecule has 5 heteroatoms. The molecular weight excluding hydrogens is 271 g/mol. The Kier molecular flexibility index (Phi) is 6.64. The van der Waals surface area contributed by atoms with E-state index in [1.165, 1.54) is 6.07 Å². The normalized spacial score (nSPS) is 12.4. The zero-order valence-electron chi connectivity index (χ0n) is 9.14. The molecule has 0 spiro atoms. The first-order chi connectivity index (χ1) is 6.93. The predicted molar refractivity (Wildman–Crippen MR) is 70.1 cm³/mol. The number of hydrogen-bond donors (Lipinski definition) is 1. The molecule has 1 atom stereocenters. The fourth-order valence-corrected chi connectivity index (χ4v) is 1.96. The SMILES string of the molecule is CC(C)C[C@@H](N)c1c(Cl)ccc(Cl)c1F.Cl. The van der Waals surface area contributed by atoms with Gasteiger partial charge < -0.3 is 5.73 Å². The van der Waals surface area contributed by atoms with Crippen molar-refractivity contribution in [2.24, 2.45) is 11.7 Å². The van der Waals surface area contributed by atoms with Crippen molar-refractivity contribution in [3.8, 4) is 0 Å². The molecule has 0 aliphatic carbocycles. The number of hydrogen-bond acceptors (Lipinski definition) is 1. The highest BCUT2D eigenvalue weighted by Gasteiger charge is 2.18. The Hall–Kier alpha value is -0.0200. The Bertz CT molecular complexity index is 355. The summed E-state index contributed by atoms with van der Waals surface area (Å²) in [6, 6.07) is 2.60. The monoisotopic (exact) mass is 285 g/mol. The van der Waals surface area contributed by atoms with Gasteiger partial charge in [-0.05, 0) is 24.5 Å². The van der Waals surface area contributed by atoms with Gasteiger partial charge in [0, 0.05) is 16.6 Å². The summed E-state index contributed by atoms with van der Waals surface area (Å²) >= 11 is 11.6. The minimum absolute atomic E-state index is 0. The molecule has 0 bridgehead atoms. The second-order valence-electron chi connectivity index (χ2n) is 3.99. The van der Waals surface area contributed by atoms with Crippen LogP contribution < -0.4 is 5.73 Å².